The number of hydrogen-bond donors (Lipinski definition) is 3. The van der Waals surface area contributed by atoms with Crippen molar-refractivity contribution in [3.63, 3.8) is 0 Å². The fourth-order valence-electron chi connectivity index (χ4n) is 1.79. The quantitative estimate of drug-likeness (QED) is 0.548. The summed E-state index contributed by atoms with van der Waals surface area (Å²) in [5.41, 5.74) is 6.07. The minimum absolute atomic E-state index is 0.251. The van der Waals surface area contributed by atoms with Crippen molar-refractivity contribution in [3.8, 4) is 5.75 Å². The number of benzene rings is 1. The van der Waals surface area contributed by atoms with Gasteiger partial charge in [0.15, 0.2) is 0 Å². The summed E-state index contributed by atoms with van der Waals surface area (Å²) in [6.45, 7) is 6.22. The molecular weight excluding hydrogens is 298 g/mol. The van der Waals surface area contributed by atoms with Gasteiger partial charge in [0.05, 0.1) is 12.7 Å². The Balaban J connectivity index is 2.34. The first-order valence-electron chi connectivity index (χ1n) is 7.41. The molecule has 1 aromatic rings. The summed E-state index contributed by atoms with van der Waals surface area (Å²) < 4.78 is 10.2. The van der Waals surface area contributed by atoms with Crippen molar-refractivity contribution < 1.29 is 19.1 Å². The molecule has 0 aliphatic rings. The van der Waals surface area contributed by atoms with Gasteiger partial charge in [-0.3, -0.25) is 4.79 Å². The maximum atomic E-state index is 12.1. The van der Waals surface area contributed by atoms with Crippen LogP contribution in [0.4, 0.5) is 10.5 Å². The summed E-state index contributed by atoms with van der Waals surface area (Å²) in [5, 5.41) is 5.39. The van der Waals surface area contributed by atoms with Crippen LogP contribution in [0.3, 0.4) is 0 Å². The van der Waals surface area contributed by atoms with Crippen LogP contribution >= 0.6 is 0 Å². The molecule has 0 heterocycles. The summed E-state index contributed by atoms with van der Waals surface area (Å²) in [4.78, 5) is 23.5. The number of nitrogen functional groups attached to an aromatic ring is 1. The van der Waals surface area contributed by atoms with Crippen LogP contribution in [0.2, 0.25) is 0 Å². The Morgan fingerprint density at radius 2 is 1.83 bits per heavy atom. The standard InChI is InChI=1S/C16H25N3O4/c1-16(2,3)23-15(21)19-9-5-8-18-14(20)12-7-6-11(17)10-13(12)22-4/h6-7,10H,5,8-9,17H2,1-4H3,(H,18,20)(H,19,21). The molecule has 0 radical (unpaired) electrons. The van der Waals surface area contributed by atoms with Crippen LogP contribution in [-0.2, 0) is 4.74 Å². The molecule has 0 spiro atoms. The van der Waals surface area contributed by atoms with E-state index < -0.39 is 11.7 Å². The molecule has 0 saturated carbocycles. The molecule has 7 heteroatoms. The molecule has 7 nitrogen and oxygen atoms in total. The smallest absolute Gasteiger partial charge is 0.407 e. The van der Waals surface area contributed by atoms with Crippen LogP contribution in [0.5, 0.6) is 5.75 Å². The number of nitrogens with two attached hydrogens (primary N) is 1. The third-order valence-corrected chi connectivity index (χ3v) is 2.78. The van der Waals surface area contributed by atoms with Crippen LogP contribution in [0, 0.1) is 0 Å². The third-order valence-electron chi connectivity index (χ3n) is 2.78. The highest BCUT2D eigenvalue weighted by atomic mass is 16.6. The normalized spacial score (nSPS) is 10.8. The van der Waals surface area contributed by atoms with Crippen LogP contribution in [0.25, 0.3) is 0 Å². The Bertz CT molecular complexity index is 553. The topological polar surface area (TPSA) is 103 Å². The second-order valence-electron chi connectivity index (χ2n) is 6.00. The number of hydrogen-bond acceptors (Lipinski definition) is 5. The van der Waals surface area contributed by atoms with E-state index in [1.807, 2.05) is 0 Å². The lowest BCUT2D eigenvalue weighted by atomic mass is 10.1. The van der Waals surface area contributed by atoms with Gasteiger partial charge in [0.2, 0.25) is 0 Å². The molecule has 0 unspecified atom stereocenters. The van der Waals surface area contributed by atoms with Gasteiger partial charge in [0.25, 0.3) is 5.91 Å². The molecule has 1 aromatic carbocycles. The SMILES string of the molecule is COc1cc(N)ccc1C(=O)NCCCNC(=O)OC(C)(C)C. The Labute approximate surface area is 136 Å². The number of ether oxygens (including phenoxy) is 2. The van der Waals surface area contributed by atoms with Crippen molar-refractivity contribution in [1.82, 2.24) is 10.6 Å². The van der Waals surface area contributed by atoms with Gasteiger partial charge in [-0.15, -0.1) is 0 Å². The molecule has 2 amide bonds. The lowest BCUT2D eigenvalue weighted by Crippen LogP contribution is -2.34. The first-order chi connectivity index (χ1) is 10.7. The number of nitrogens with one attached hydrogen (secondary N) is 2. The van der Waals surface area contributed by atoms with E-state index in [-0.39, 0.29) is 5.91 Å². The molecular formula is C16H25N3O4. The number of amides is 2. The van der Waals surface area contributed by atoms with E-state index >= 15 is 0 Å². The van der Waals surface area contributed by atoms with Gasteiger partial charge in [0.1, 0.15) is 11.4 Å². The van der Waals surface area contributed by atoms with Crippen LogP contribution < -0.4 is 21.1 Å². The highest BCUT2D eigenvalue weighted by Gasteiger charge is 2.15. The molecule has 128 valence electrons. The van der Waals surface area contributed by atoms with Gasteiger partial charge in [-0.2, -0.15) is 0 Å². The van der Waals surface area contributed by atoms with Gasteiger partial charge in [-0.05, 0) is 39.3 Å². The van der Waals surface area contributed by atoms with E-state index in [1.165, 1.54) is 7.11 Å². The lowest BCUT2D eigenvalue weighted by Gasteiger charge is -2.19. The van der Waals surface area contributed by atoms with Gasteiger partial charge in [-0.1, -0.05) is 0 Å². The third kappa shape index (κ3) is 6.90. The molecule has 0 aromatic heterocycles. The number of methoxy groups -OCH3 is 1. The van der Waals surface area contributed by atoms with Gasteiger partial charge in [-0.25, -0.2) is 4.79 Å². The Morgan fingerprint density at radius 1 is 1.17 bits per heavy atom. The maximum absolute atomic E-state index is 12.1. The lowest BCUT2D eigenvalue weighted by molar-refractivity contribution is 0.0527. The van der Waals surface area contributed by atoms with Crippen molar-refractivity contribution in [2.45, 2.75) is 32.8 Å². The molecule has 0 fully saturated rings. The first kappa shape index (κ1) is 18.6. The number of rotatable bonds is 6. The van der Waals surface area contributed by atoms with Crippen molar-refractivity contribution in [2.75, 3.05) is 25.9 Å². The molecule has 23 heavy (non-hydrogen) atoms. The van der Waals surface area contributed by atoms with E-state index in [0.717, 1.165) is 0 Å². The molecule has 0 aliphatic carbocycles. The van der Waals surface area contributed by atoms with E-state index in [9.17, 15) is 9.59 Å². The molecule has 0 bridgehead atoms. The molecule has 0 aliphatic heterocycles. The summed E-state index contributed by atoms with van der Waals surface area (Å²) in [7, 11) is 1.48. The van der Waals surface area contributed by atoms with Crippen molar-refractivity contribution in [1.29, 1.82) is 0 Å². The van der Waals surface area contributed by atoms with Crippen LogP contribution in [-0.4, -0.2) is 37.8 Å². The van der Waals surface area contributed by atoms with Gasteiger partial charge >= 0.3 is 6.09 Å². The van der Waals surface area contributed by atoms with E-state index in [4.69, 9.17) is 15.2 Å². The Hall–Kier alpha value is -2.44. The summed E-state index contributed by atoms with van der Waals surface area (Å²) in [5.74, 6) is 0.175. The largest absolute Gasteiger partial charge is 0.496 e. The predicted molar refractivity (Wildman–Crippen MR) is 88.6 cm³/mol. The van der Waals surface area contributed by atoms with Crippen molar-refractivity contribution in [3.05, 3.63) is 23.8 Å². The number of carbonyl (C=O) groups is 2. The zero-order valence-electron chi connectivity index (χ0n) is 14.1. The average molecular weight is 323 g/mol. The van der Waals surface area contributed by atoms with Gasteiger partial charge < -0.3 is 25.8 Å². The predicted octanol–water partition coefficient (Wildman–Crippen LogP) is 1.92. The van der Waals surface area contributed by atoms with Crippen molar-refractivity contribution >= 4 is 17.7 Å². The summed E-state index contributed by atoms with van der Waals surface area (Å²) >= 11 is 0. The monoisotopic (exact) mass is 323 g/mol. The number of carbonyl (C=O) groups excluding carboxylic acids is 2. The zero-order valence-corrected chi connectivity index (χ0v) is 14.1. The minimum Gasteiger partial charge on any atom is -0.496 e. The highest BCUT2D eigenvalue weighted by Crippen LogP contribution is 2.21. The fourth-order valence-corrected chi connectivity index (χ4v) is 1.79. The fraction of sp³-hybridized carbons (Fsp3) is 0.500. The Kier molecular flexibility index (Phi) is 6.68. The van der Waals surface area contributed by atoms with E-state index in [1.54, 1.807) is 39.0 Å². The second-order valence-corrected chi connectivity index (χ2v) is 6.00. The number of anilines is 1. The van der Waals surface area contributed by atoms with E-state index in [2.05, 4.69) is 10.6 Å². The van der Waals surface area contributed by atoms with Crippen LogP contribution in [0.1, 0.15) is 37.6 Å². The summed E-state index contributed by atoms with van der Waals surface area (Å²) in [6.07, 6.45) is 0.117. The average Bonchev–Trinajstić information content (AvgIpc) is 2.44. The maximum Gasteiger partial charge on any atom is 0.407 e. The molecule has 0 saturated heterocycles. The highest BCUT2D eigenvalue weighted by molar-refractivity contribution is 5.97. The number of alkyl carbamates (subject to hydrolysis) is 1. The van der Waals surface area contributed by atoms with Crippen molar-refractivity contribution in [2.24, 2.45) is 0 Å². The van der Waals surface area contributed by atoms with Gasteiger partial charge in [0, 0.05) is 24.8 Å². The van der Waals surface area contributed by atoms with Crippen LogP contribution in [0.15, 0.2) is 18.2 Å². The molecule has 0 atom stereocenters. The van der Waals surface area contributed by atoms with E-state index in [0.29, 0.717) is 36.5 Å². The first-order valence-corrected chi connectivity index (χ1v) is 7.41. The summed E-state index contributed by atoms with van der Waals surface area (Å²) in [6, 6.07) is 4.85. The second kappa shape index (κ2) is 8.26. The zero-order chi connectivity index (χ0) is 17.5. The molecule has 4 N–H and O–H groups in total. The minimum atomic E-state index is -0.524. The molecule has 1 rings (SSSR count). The Morgan fingerprint density at radius 3 is 2.43 bits per heavy atom.